The third-order valence-electron chi connectivity index (χ3n) is 12.7. The van der Waals surface area contributed by atoms with Gasteiger partial charge in [-0.2, -0.15) is 0 Å². The largest absolute Gasteiger partial charge is 0.508 e. The van der Waals surface area contributed by atoms with E-state index in [1.54, 1.807) is 31.3 Å². The Morgan fingerprint density at radius 1 is 0.650 bits per heavy atom. The van der Waals surface area contributed by atoms with Crippen LogP contribution in [0.15, 0.2) is 97.1 Å². The lowest BCUT2D eigenvalue weighted by Crippen LogP contribution is -2.62. The maximum Gasteiger partial charge on any atom is 0.248 e. The van der Waals surface area contributed by atoms with Crippen LogP contribution in [0.4, 0.5) is 0 Å². The third-order valence-corrected chi connectivity index (χ3v) is 15.4. The van der Waals surface area contributed by atoms with Gasteiger partial charge in [-0.15, -0.1) is 0 Å². The fourth-order valence-corrected chi connectivity index (χ4v) is 10.6. The van der Waals surface area contributed by atoms with Crippen LogP contribution in [0.1, 0.15) is 58.8 Å². The lowest BCUT2D eigenvalue weighted by Gasteiger charge is -2.29. The Morgan fingerprint density at radius 2 is 1.15 bits per heavy atom. The molecular weight excluding hydrogens is 1090 g/mol. The van der Waals surface area contributed by atoms with E-state index in [9.17, 15) is 58.5 Å². The maximum absolute atomic E-state index is 14.8. The summed E-state index contributed by atoms with van der Waals surface area (Å²) in [5.41, 5.74) is 19.8. The van der Waals surface area contributed by atoms with Crippen molar-refractivity contribution in [2.45, 2.75) is 106 Å². The van der Waals surface area contributed by atoms with E-state index >= 15 is 0 Å². The smallest absolute Gasteiger partial charge is 0.248 e. The van der Waals surface area contributed by atoms with Crippen molar-refractivity contribution < 1.29 is 58.5 Å². The van der Waals surface area contributed by atoms with Crippen LogP contribution < -0.4 is 59.7 Å². The van der Waals surface area contributed by atoms with Crippen molar-refractivity contribution in [3.63, 3.8) is 0 Å². The van der Waals surface area contributed by atoms with Gasteiger partial charge >= 0.3 is 0 Å². The van der Waals surface area contributed by atoms with Gasteiger partial charge in [-0.1, -0.05) is 81.7 Å². The van der Waals surface area contributed by atoms with Gasteiger partial charge in [0.25, 0.3) is 0 Å². The molecule has 1 saturated heterocycles. The van der Waals surface area contributed by atoms with E-state index in [-0.39, 0.29) is 60.7 Å². The zero-order valence-electron chi connectivity index (χ0n) is 43.9. The van der Waals surface area contributed by atoms with Crippen LogP contribution in [-0.2, 0) is 64.0 Å². The molecule has 0 spiro atoms. The van der Waals surface area contributed by atoms with Crippen molar-refractivity contribution >= 4 is 86.4 Å². The van der Waals surface area contributed by atoms with Crippen molar-refractivity contribution in [1.82, 2.24) is 42.5 Å². The summed E-state index contributed by atoms with van der Waals surface area (Å²) in [6.45, 7) is 1.75. The van der Waals surface area contributed by atoms with E-state index < -0.39 is 108 Å². The number of nitrogens with two attached hydrogens (primary N) is 3. The molecule has 1 fully saturated rings. The summed E-state index contributed by atoms with van der Waals surface area (Å²) >= 11 is 6.07. The summed E-state index contributed by atoms with van der Waals surface area (Å²) in [6.07, 6.45) is -1.28. The average molecular weight is 1160 g/mol. The van der Waals surface area contributed by atoms with Crippen LogP contribution in [0.5, 0.6) is 11.5 Å². The molecule has 4 aromatic rings. The Balaban J connectivity index is 1.58. The van der Waals surface area contributed by atoms with Gasteiger partial charge in [0.2, 0.25) is 53.2 Å². The molecule has 430 valence electrons. The molecule has 4 aromatic carbocycles. The molecule has 17 N–H and O–H groups in total. The number of nitrogens with one attached hydrogen (secondary N) is 8. The Morgan fingerprint density at radius 3 is 1.70 bits per heavy atom. The number of hydrogen-bond donors (Lipinski definition) is 14. The number of aliphatic hydroxyl groups is 1. The molecule has 1 unspecified atom stereocenters. The summed E-state index contributed by atoms with van der Waals surface area (Å²) in [7, 11) is 3.64. The molecule has 0 aliphatic carbocycles. The Hall–Kier alpha value is -7.42. The van der Waals surface area contributed by atoms with Gasteiger partial charge in [0.05, 0.1) is 12.1 Å². The molecule has 0 radical (unpaired) electrons. The van der Waals surface area contributed by atoms with E-state index in [2.05, 4.69) is 42.5 Å². The second kappa shape index (κ2) is 31.4. The SMILES string of the molecule is CNCCCC[C@@H]1NC(=O)[C@@H](Cc2ccc(C(N)=O)cc2)NC(=O)[C@H](Cc2ccc(O)cc2)NC(=O)[C@H](NC(=O)[C@@H](N)Cc2ccc(Cl)cc2)CSSC[C@@H](C(=O)NC(Cc2ccc(O)cc2)C(N)=O)NC(=O)[C@H]([C@@H](C)O)NC1=O. The summed E-state index contributed by atoms with van der Waals surface area (Å²) in [4.78, 5) is 126. The van der Waals surface area contributed by atoms with E-state index in [0.717, 1.165) is 21.6 Å². The van der Waals surface area contributed by atoms with Crippen molar-refractivity contribution in [3.8, 4) is 11.5 Å². The lowest BCUT2D eigenvalue weighted by molar-refractivity contribution is -0.136. The van der Waals surface area contributed by atoms with E-state index in [1.807, 2.05) is 0 Å². The summed E-state index contributed by atoms with van der Waals surface area (Å²) in [5.74, 6) is -8.68. The number of carbonyl (C=O) groups is 9. The lowest BCUT2D eigenvalue weighted by atomic mass is 10.00. The zero-order valence-corrected chi connectivity index (χ0v) is 46.3. The van der Waals surface area contributed by atoms with Gasteiger partial charge in [0.1, 0.15) is 53.8 Å². The fourth-order valence-electron chi connectivity index (χ4n) is 8.19. The van der Waals surface area contributed by atoms with E-state index in [0.29, 0.717) is 46.7 Å². The van der Waals surface area contributed by atoms with Crippen LogP contribution in [-0.4, -0.2) is 148 Å². The Labute approximate surface area is 475 Å². The molecule has 9 atom stereocenters. The minimum absolute atomic E-state index is 0.00813. The first-order valence-corrected chi connectivity index (χ1v) is 28.4. The van der Waals surface area contributed by atoms with Gasteiger partial charge in [-0.25, -0.2) is 0 Å². The number of primary amides is 2. The number of phenols is 2. The minimum atomic E-state index is -1.75. The predicted molar refractivity (Wildman–Crippen MR) is 303 cm³/mol. The molecule has 0 saturated carbocycles. The number of halogens is 1. The first kappa shape index (κ1) is 63.4. The normalized spacial score (nSPS) is 20.9. The predicted octanol–water partition coefficient (Wildman–Crippen LogP) is -0.508. The first-order valence-electron chi connectivity index (χ1n) is 25.5. The van der Waals surface area contributed by atoms with Crippen LogP contribution in [0, 0.1) is 0 Å². The number of hydrogen-bond acceptors (Lipinski definition) is 16. The van der Waals surface area contributed by atoms with E-state index in [4.69, 9.17) is 28.8 Å². The number of carbonyl (C=O) groups excluding carboxylic acids is 9. The van der Waals surface area contributed by atoms with Crippen LogP contribution in [0.3, 0.4) is 0 Å². The molecule has 1 aliphatic rings. The summed E-state index contributed by atoms with van der Waals surface area (Å²) in [6, 6.07) is 12.4. The standard InChI is InChI=1S/C54H68ClN11O12S2/c1-29(67)45-54(78)65-44(52(76)61-40(47(58)71)24-32-10-18-36(68)19-11-32)28-80-79-27-43(64-48(72)38(56)23-30-8-16-35(55)17-9-30)53(77)63-42(26-33-12-20-37(69)21-13-33)51(75)62-41(25-31-6-14-34(15-7-31)46(57)70)50(74)60-39(49(73)66-45)5-3-4-22-59-2/h6-21,29,38-45,59,67-69H,3-5,22-28,56H2,1-2H3,(H2,57,70)(H2,58,71)(H,60,74)(H,61,76)(H,62,75)(H,63,77)(H,64,72)(H,65,78)(H,66,73)/t29-,38+,39+,40?,41-,42+,43-,44+,45+/m1/s1. The minimum Gasteiger partial charge on any atom is -0.508 e. The number of phenolic OH excluding ortho intramolecular Hbond substituents is 2. The van der Waals surface area contributed by atoms with Crippen molar-refractivity contribution in [2.75, 3.05) is 25.1 Å². The van der Waals surface area contributed by atoms with Crippen molar-refractivity contribution in [2.24, 2.45) is 17.2 Å². The topological polar surface area (TPSA) is 389 Å². The number of aromatic hydroxyl groups is 2. The quantitative estimate of drug-likeness (QED) is 0.0392. The van der Waals surface area contributed by atoms with Crippen molar-refractivity contribution in [1.29, 1.82) is 0 Å². The molecule has 5 rings (SSSR count). The third kappa shape index (κ3) is 20.4. The van der Waals surface area contributed by atoms with Gasteiger partial charge in [0, 0.05) is 41.4 Å². The average Bonchev–Trinajstić information content (AvgIpc) is 3.42. The highest BCUT2D eigenvalue weighted by Crippen LogP contribution is 2.24. The number of rotatable bonds is 20. The fraction of sp³-hybridized carbons (Fsp3) is 0.389. The van der Waals surface area contributed by atoms with Crippen LogP contribution in [0.2, 0.25) is 5.02 Å². The second-order valence-corrected chi connectivity index (χ2v) is 22.1. The van der Waals surface area contributed by atoms with E-state index in [1.165, 1.54) is 79.7 Å². The Bertz CT molecular complexity index is 2780. The van der Waals surface area contributed by atoms with Gasteiger partial charge in [-0.05, 0) is 117 Å². The molecule has 0 aromatic heterocycles. The van der Waals surface area contributed by atoms with Gasteiger partial charge in [-0.3, -0.25) is 43.2 Å². The van der Waals surface area contributed by atoms with Crippen molar-refractivity contribution in [3.05, 3.63) is 130 Å². The number of amides is 9. The zero-order chi connectivity index (χ0) is 58.5. The van der Waals surface area contributed by atoms with Gasteiger partial charge in [0.15, 0.2) is 0 Å². The molecule has 80 heavy (non-hydrogen) atoms. The second-order valence-electron chi connectivity index (χ2n) is 19.1. The molecule has 1 aliphatic heterocycles. The highest BCUT2D eigenvalue weighted by Gasteiger charge is 2.36. The maximum atomic E-state index is 14.8. The number of aliphatic hydroxyl groups excluding tert-OH is 1. The first-order chi connectivity index (χ1) is 38.1. The van der Waals surface area contributed by atoms with Gasteiger partial charge < -0.3 is 75.1 Å². The molecule has 23 nitrogen and oxygen atoms in total. The molecule has 9 amide bonds. The molecule has 26 heteroatoms. The molecule has 0 bridgehead atoms. The Kier molecular flexibility index (Phi) is 24.9. The number of benzene rings is 4. The van der Waals surface area contributed by atoms with Crippen LogP contribution in [0.25, 0.3) is 0 Å². The summed E-state index contributed by atoms with van der Waals surface area (Å²) in [5, 5.41) is 52.9. The van der Waals surface area contributed by atoms with Crippen LogP contribution >= 0.6 is 33.2 Å². The highest BCUT2D eigenvalue weighted by atomic mass is 35.5. The highest BCUT2D eigenvalue weighted by molar-refractivity contribution is 8.76. The molecular formula is C54H68ClN11O12S2. The summed E-state index contributed by atoms with van der Waals surface area (Å²) < 4.78 is 0. The number of unbranched alkanes of at least 4 members (excludes halogenated alkanes) is 1. The monoisotopic (exact) mass is 1160 g/mol. The molecule has 1 heterocycles.